The summed E-state index contributed by atoms with van der Waals surface area (Å²) in [5.74, 6) is -0.445. The van der Waals surface area contributed by atoms with Crippen LogP contribution in [-0.4, -0.2) is 16.5 Å². The number of nitrogens with zero attached hydrogens (tertiary/aromatic N) is 2. The minimum absolute atomic E-state index is 0.112. The van der Waals surface area contributed by atoms with E-state index in [-0.39, 0.29) is 11.3 Å². The van der Waals surface area contributed by atoms with Gasteiger partial charge in [-0.25, -0.2) is 5.43 Å². The molecule has 0 saturated carbocycles. The van der Waals surface area contributed by atoms with E-state index in [0.29, 0.717) is 0 Å². The number of nitro benzene ring substituents is 1. The van der Waals surface area contributed by atoms with Gasteiger partial charge in [0.1, 0.15) is 0 Å². The van der Waals surface area contributed by atoms with Gasteiger partial charge in [0.05, 0.1) is 4.92 Å². The van der Waals surface area contributed by atoms with Gasteiger partial charge in [-0.15, -0.1) is 0 Å². The zero-order valence-corrected chi connectivity index (χ0v) is 11.0. The van der Waals surface area contributed by atoms with Crippen molar-refractivity contribution in [3.05, 3.63) is 39.9 Å². The maximum atomic E-state index is 11.8. The van der Waals surface area contributed by atoms with Crippen LogP contribution in [0, 0.1) is 10.1 Å². The molecule has 0 atom stereocenters. The van der Waals surface area contributed by atoms with Gasteiger partial charge >= 0.3 is 0 Å². The summed E-state index contributed by atoms with van der Waals surface area (Å²) in [5, 5.41) is 14.6. The number of hydrogen-bond donors (Lipinski definition) is 1. The van der Waals surface area contributed by atoms with Crippen molar-refractivity contribution in [3.63, 3.8) is 0 Å². The highest BCUT2D eigenvalue weighted by molar-refractivity contribution is 5.95. The van der Waals surface area contributed by atoms with Crippen LogP contribution in [0.3, 0.4) is 0 Å². The van der Waals surface area contributed by atoms with E-state index in [0.717, 1.165) is 25.0 Å². The Labute approximate surface area is 111 Å². The summed E-state index contributed by atoms with van der Waals surface area (Å²) in [6, 6.07) is 5.55. The van der Waals surface area contributed by atoms with Crippen molar-refractivity contribution in [1.82, 2.24) is 5.43 Å². The smallest absolute Gasteiger partial charge is 0.267 e. The molecule has 1 aromatic rings. The predicted molar refractivity (Wildman–Crippen MR) is 73.2 cm³/mol. The lowest BCUT2D eigenvalue weighted by Gasteiger charge is -2.02. The average molecular weight is 263 g/mol. The molecule has 0 aliphatic carbocycles. The lowest BCUT2D eigenvalue weighted by atomic mass is 10.2. The van der Waals surface area contributed by atoms with Gasteiger partial charge in [0.25, 0.3) is 11.6 Å². The Hall–Kier alpha value is -2.24. The third-order valence-corrected chi connectivity index (χ3v) is 2.56. The molecule has 1 amide bonds. The molecule has 0 saturated heterocycles. The second-order valence-electron chi connectivity index (χ2n) is 4.20. The van der Waals surface area contributed by atoms with E-state index in [2.05, 4.69) is 17.5 Å². The highest BCUT2D eigenvalue weighted by Gasteiger charge is 2.10. The molecule has 0 fully saturated rings. The Kier molecular flexibility index (Phi) is 5.66. The normalized spacial score (nSPS) is 11.2. The zero-order chi connectivity index (χ0) is 14.3. The van der Waals surface area contributed by atoms with Crippen LogP contribution in [0.15, 0.2) is 29.4 Å². The lowest BCUT2D eigenvalue weighted by Crippen LogP contribution is -2.19. The van der Waals surface area contributed by atoms with Crippen LogP contribution >= 0.6 is 0 Å². The Morgan fingerprint density at radius 2 is 2.21 bits per heavy atom. The molecule has 0 aliphatic heterocycles. The summed E-state index contributed by atoms with van der Waals surface area (Å²) in [7, 11) is 0. The van der Waals surface area contributed by atoms with Crippen molar-refractivity contribution < 1.29 is 9.72 Å². The molecule has 0 aromatic heterocycles. The third-order valence-electron chi connectivity index (χ3n) is 2.56. The number of nitrogens with one attached hydrogen (secondary N) is 1. The van der Waals surface area contributed by atoms with Gasteiger partial charge in [-0.1, -0.05) is 19.4 Å². The number of nitro groups is 1. The van der Waals surface area contributed by atoms with Crippen LogP contribution in [-0.2, 0) is 0 Å². The number of carbonyl (C=O) groups excluding carboxylic acids is 1. The summed E-state index contributed by atoms with van der Waals surface area (Å²) in [6.07, 6.45) is 2.90. The van der Waals surface area contributed by atoms with Crippen LogP contribution in [0.5, 0.6) is 0 Å². The topological polar surface area (TPSA) is 84.6 Å². The van der Waals surface area contributed by atoms with Gasteiger partial charge in [-0.3, -0.25) is 14.9 Å². The molecule has 1 rings (SSSR count). The molecule has 1 N–H and O–H groups in total. The van der Waals surface area contributed by atoms with Gasteiger partial charge < -0.3 is 0 Å². The van der Waals surface area contributed by atoms with Crippen molar-refractivity contribution in [3.8, 4) is 0 Å². The molecular weight excluding hydrogens is 246 g/mol. The number of unbranched alkanes of at least 4 members (excludes halogenated alkanes) is 1. The number of benzene rings is 1. The first kappa shape index (κ1) is 14.8. The van der Waals surface area contributed by atoms with E-state index in [1.807, 2.05) is 6.92 Å². The molecule has 0 heterocycles. The standard InChI is InChI=1S/C13H17N3O3/c1-3-4-6-10(2)14-15-13(17)11-7-5-8-12(9-11)16(18)19/h5,7-9H,3-4,6H2,1-2H3,(H,15,17)/b14-10-. The Bertz CT molecular complexity index is 498. The van der Waals surface area contributed by atoms with Gasteiger partial charge in [0, 0.05) is 23.4 Å². The van der Waals surface area contributed by atoms with Crippen LogP contribution < -0.4 is 5.43 Å². The molecule has 102 valence electrons. The first-order chi connectivity index (χ1) is 9.04. The van der Waals surface area contributed by atoms with E-state index in [1.165, 1.54) is 24.3 Å². The van der Waals surface area contributed by atoms with E-state index in [4.69, 9.17) is 0 Å². The average Bonchev–Trinajstić information content (AvgIpc) is 2.42. The van der Waals surface area contributed by atoms with Gasteiger partial charge in [0.2, 0.25) is 0 Å². The van der Waals surface area contributed by atoms with Crippen molar-refractivity contribution in [2.75, 3.05) is 0 Å². The monoisotopic (exact) mass is 263 g/mol. The minimum Gasteiger partial charge on any atom is -0.267 e. The van der Waals surface area contributed by atoms with Gasteiger partial charge in [-0.2, -0.15) is 5.10 Å². The first-order valence-electron chi connectivity index (χ1n) is 6.12. The molecule has 6 heteroatoms. The molecule has 1 aromatic carbocycles. The second kappa shape index (κ2) is 7.25. The highest BCUT2D eigenvalue weighted by Crippen LogP contribution is 2.12. The number of carbonyl (C=O) groups is 1. The number of amides is 1. The van der Waals surface area contributed by atoms with Crippen LogP contribution in [0.1, 0.15) is 43.5 Å². The SMILES string of the molecule is CCCC/C(C)=N\NC(=O)c1cccc([N+](=O)[O-])c1. The van der Waals surface area contributed by atoms with Crippen LogP contribution in [0.2, 0.25) is 0 Å². The molecule has 6 nitrogen and oxygen atoms in total. The van der Waals surface area contributed by atoms with E-state index >= 15 is 0 Å². The minimum atomic E-state index is -0.535. The largest absolute Gasteiger partial charge is 0.271 e. The second-order valence-corrected chi connectivity index (χ2v) is 4.20. The lowest BCUT2D eigenvalue weighted by molar-refractivity contribution is -0.384. The molecule has 0 unspecified atom stereocenters. The third kappa shape index (κ3) is 4.87. The molecule has 0 bridgehead atoms. The maximum absolute atomic E-state index is 11.8. The fourth-order valence-corrected chi connectivity index (χ4v) is 1.46. The van der Waals surface area contributed by atoms with Gasteiger partial charge in [-0.05, 0) is 25.8 Å². The van der Waals surface area contributed by atoms with Crippen LogP contribution in [0.4, 0.5) is 5.69 Å². The number of hydrazone groups is 1. The fraction of sp³-hybridized carbons (Fsp3) is 0.385. The van der Waals surface area contributed by atoms with Crippen molar-refractivity contribution in [1.29, 1.82) is 0 Å². The molecular formula is C13H17N3O3. The molecule has 19 heavy (non-hydrogen) atoms. The summed E-state index contributed by atoms with van der Waals surface area (Å²) < 4.78 is 0. The Morgan fingerprint density at radius 1 is 1.47 bits per heavy atom. The predicted octanol–water partition coefficient (Wildman–Crippen LogP) is 2.89. The van der Waals surface area contributed by atoms with E-state index in [9.17, 15) is 14.9 Å². The molecule has 0 radical (unpaired) electrons. The highest BCUT2D eigenvalue weighted by atomic mass is 16.6. The van der Waals surface area contributed by atoms with Crippen LogP contribution in [0.25, 0.3) is 0 Å². The summed E-state index contributed by atoms with van der Waals surface area (Å²) in [5.41, 5.74) is 3.35. The van der Waals surface area contributed by atoms with E-state index < -0.39 is 10.8 Å². The van der Waals surface area contributed by atoms with Crippen molar-refractivity contribution in [2.24, 2.45) is 5.10 Å². The summed E-state index contributed by atoms with van der Waals surface area (Å²) in [4.78, 5) is 21.8. The summed E-state index contributed by atoms with van der Waals surface area (Å²) >= 11 is 0. The fourth-order valence-electron chi connectivity index (χ4n) is 1.46. The zero-order valence-electron chi connectivity index (χ0n) is 11.0. The van der Waals surface area contributed by atoms with Crippen molar-refractivity contribution in [2.45, 2.75) is 33.1 Å². The first-order valence-corrected chi connectivity index (χ1v) is 6.12. The maximum Gasteiger partial charge on any atom is 0.271 e. The molecule has 0 spiro atoms. The molecule has 0 aliphatic rings. The van der Waals surface area contributed by atoms with Crippen molar-refractivity contribution >= 4 is 17.3 Å². The van der Waals surface area contributed by atoms with Gasteiger partial charge in [0.15, 0.2) is 0 Å². The Morgan fingerprint density at radius 3 is 2.84 bits per heavy atom. The summed E-state index contributed by atoms with van der Waals surface area (Å²) in [6.45, 7) is 3.92. The van der Waals surface area contributed by atoms with E-state index in [1.54, 1.807) is 0 Å². The number of rotatable bonds is 6. The number of hydrogen-bond acceptors (Lipinski definition) is 4. The quantitative estimate of drug-likeness (QED) is 0.486. The Balaban J connectivity index is 2.68. The number of non-ortho nitro benzene ring substituents is 1.